The minimum absolute atomic E-state index is 0.0536. The number of nitrogens with one attached hydrogen (secondary N) is 1. The predicted molar refractivity (Wildman–Crippen MR) is 114 cm³/mol. The molecular formula is C22H33NO4S. The Morgan fingerprint density at radius 3 is 2.64 bits per heavy atom. The van der Waals surface area contributed by atoms with E-state index < -0.39 is 6.10 Å². The summed E-state index contributed by atoms with van der Waals surface area (Å²) in [7, 11) is 0. The smallest absolute Gasteiger partial charge is 0.121 e. The van der Waals surface area contributed by atoms with Gasteiger partial charge in [0.2, 0.25) is 0 Å². The van der Waals surface area contributed by atoms with Crippen LogP contribution in [0.15, 0.2) is 35.0 Å². The zero-order valence-electron chi connectivity index (χ0n) is 16.5. The highest BCUT2D eigenvalue weighted by Crippen LogP contribution is 2.22. The molecule has 6 heteroatoms. The number of hydrogen-bond acceptors (Lipinski definition) is 6. The van der Waals surface area contributed by atoms with Crippen LogP contribution in [0.5, 0.6) is 5.75 Å². The summed E-state index contributed by atoms with van der Waals surface area (Å²) in [6.07, 6.45) is 6.02. The van der Waals surface area contributed by atoms with Gasteiger partial charge in [-0.15, -0.1) is 0 Å². The van der Waals surface area contributed by atoms with Crippen molar-refractivity contribution in [2.24, 2.45) is 0 Å². The van der Waals surface area contributed by atoms with Crippen LogP contribution in [0.4, 0.5) is 0 Å². The second-order valence-electron chi connectivity index (χ2n) is 7.03. The molecule has 0 fully saturated rings. The maximum absolute atomic E-state index is 10.2. The van der Waals surface area contributed by atoms with Crippen molar-refractivity contribution in [1.29, 1.82) is 0 Å². The van der Waals surface area contributed by atoms with Gasteiger partial charge in [-0.25, -0.2) is 0 Å². The highest BCUT2D eigenvalue weighted by molar-refractivity contribution is 7.07. The first-order valence-electron chi connectivity index (χ1n) is 10.1. The molecule has 1 aromatic carbocycles. The van der Waals surface area contributed by atoms with Crippen molar-refractivity contribution in [2.75, 3.05) is 26.3 Å². The Morgan fingerprint density at radius 2 is 1.86 bits per heavy atom. The van der Waals surface area contributed by atoms with Crippen LogP contribution in [0, 0.1) is 0 Å². The first-order valence-corrected chi connectivity index (χ1v) is 11.0. The van der Waals surface area contributed by atoms with Crippen LogP contribution >= 0.6 is 11.3 Å². The van der Waals surface area contributed by atoms with E-state index >= 15 is 0 Å². The highest BCUT2D eigenvalue weighted by atomic mass is 32.1. The molecule has 0 aliphatic rings. The molecule has 2 rings (SSSR count). The molecule has 1 heterocycles. The number of aryl methyl sites for hydroxylation is 1. The van der Waals surface area contributed by atoms with E-state index in [1.165, 1.54) is 11.6 Å². The summed E-state index contributed by atoms with van der Waals surface area (Å²) in [6.45, 7) is 2.76. The molecule has 0 bridgehead atoms. The monoisotopic (exact) mass is 407 g/mol. The Balaban J connectivity index is 1.41. The van der Waals surface area contributed by atoms with Gasteiger partial charge in [0.15, 0.2) is 0 Å². The number of rotatable bonds is 15. The van der Waals surface area contributed by atoms with Gasteiger partial charge >= 0.3 is 0 Å². The highest BCUT2D eigenvalue weighted by Gasteiger charge is 2.09. The zero-order valence-corrected chi connectivity index (χ0v) is 17.3. The summed E-state index contributed by atoms with van der Waals surface area (Å²) in [5.74, 6) is 0.0536. The molecule has 156 valence electrons. The van der Waals surface area contributed by atoms with Crippen LogP contribution in [0.3, 0.4) is 0 Å². The average molecular weight is 408 g/mol. The molecular weight excluding hydrogens is 374 g/mol. The third kappa shape index (κ3) is 8.71. The molecule has 1 atom stereocenters. The lowest BCUT2D eigenvalue weighted by atomic mass is 10.1. The number of unbranched alkanes of at least 4 members (excludes halogenated alkanes) is 3. The fourth-order valence-electron chi connectivity index (χ4n) is 3.02. The Morgan fingerprint density at radius 1 is 1.04 bits per heavy atom. The van der Waals surface area contributed by atoms with E-state index in [2.05, 4.69) is 22.1 Å². The third-order valence-corrected chi connectivity index (χ3v) is 5.45. The first-order chi connectivity index (χ1) is 13.7. The quantitative estimate of drug-likeness (QED) is 0.338. The van der Waals surface area contributed by atoms with Gasteiger partial charge in [0.25, 0.3) is 0 Å². The number of benzene rings is 1. The van der Waals surface area contributed by atoms with E-state index in [9.17, 15) is 15.3 Å². The van der Waals surface area contributed by atoms with Crippen molar-refractivity contribution in [2.45, 2.75) is 51.2 Å². The number of ether oxygens (including phenoxy) is 1. The maximum Gasteiger partial charge on any atom is 0.121 e. The minimum Gasteiger partial charge on any atom is -0.508 e. The van der Waals surface area contributed by atoms with E-state index in [1.807, 2.05) is 0 Å². The average Bonchev–Trinajstić information content (AvgIpc) is 3.22. The molecule has 0 radical (unpaired) electrons. The van der Waals surface area contributed by atoms with Gasteiger partial charge in [0.05, 0.1) is 12.7 Å². The van der Waals surface area contributed by atoms with Gasteiger partial charge in [-0.1, -0.05) is 18.9 Å². The van der Waals surface area contributed by atoms with Crippen LogP contribution in [0.2, 0.25) is 0 Å². The number of thiophene rings is 1. The largest absolute Gasteiger partial charge is 0.508 e. The van der Waals surface area contributed by atoms with Gasteiger partial charge in [-0.3, -0.25) is 0 Å². The van der Waals surface area contributed by atoms with E-state index in [1.54, 1.807) is 23.5 Å². The third-order valence-electron chi connectivity index (χ3n) is 4.72. The van der Waals surface area contributed by atoms with Gasteiger partial charge in [0, 0.05) is 25.3 Å². The van der Waals surface area contributed by atoms with Crippen molar-refractivity contribution in [3.63, 3.8) is 0 Å². The van der Waals surface area contributed by atoms with Gasteiger partial charge in [0.1, 0.15) is 5.75 Å². The molecule has 0 saturated heterocycles. The second kappa shape index (κ2) is 13.7. The lowest BCUT2D eigenvalue weighted by Gasteiger charge is -2.14. The van der Waals surface area contributed by atoms with Crippen LogP contribution in [0.25, 0.3) is 0 Å². The number of hydrogen-bond donors (Lipinski definition) is 4. The van der Waals surface area contributed by atoms with E-state index in [0.717, 1.165) is 58.3 Å². The Bertz CT molecular complexity index is 648. The number of aromatic hydroxyl groups is 1. The molecule has 4 N–H and O–H groups in total. The predicted octanol–water partition coefficient (Wildman–Crippen LogP) is 3.78. The zero-order chi connectivity index (χ0) is 20.0. The standard InChI is InChI=1S/C22H33NO4S/c24-16-20-14-19(7-8-21(20)25)22(26)15-23-10-3-1-2-4-11-27-12-5-6-18-9-13-28-17-18/h7-9,13-14,17,22-26H,1-6,10-12,15-16H2. The molecule has 0 saturated carbocycles. The van der Waals surface area contributed by atoms with Crippen LogP contribution in [0.1, 0.15) is 54.9 Å². The van der Waals surface area contributed by atoms with Gasteiger partial charge in [-0.2, -0.15) is 11.3 Å². The normalized spacial score (nSPS) is 12.4. The summed E-state index contributed by atoms with van der Waals surface area (Å²) >= 11 is 1.75. The fourth-order valence-corrected chi connectivity index (χ4v) is 3.72. The molecule has 1 unspecified atom stereocenters. The molecule has 0 aliphatic heterocycles. The van der Waals surface area contributed by atoms with Crippen molar-refractivity contribution in [3.8, 4) is 5.75 Å². The molecule has 0 aliphatic carbocycles. The number of aliphatic hydroxyl groups is 2. The number of aliphatic hydroxyl groups excluding tert-OH is 2. The Hall–Kier alpha value is -1.44. The molecule has 0 amide bonds. The molecule has 28 heavy (non-hydrogen) atoms. The van der Waals surface area contributed by atoms with Gasteiger partial charge < -0.3 is 25.4 Å². The van der Waals surface area contributed by atoms with E-state index in [-0.39, 0.29) is 12.4 Å². The molecule has 5 nitrogen and oxygen atoms in total. The first kappa shape index (κ1) is 22.8. The van der Waals surface area contributed by atoms with Crippen molar-refractivity contribution >= 4 is 11.3 Å². The lowest BCUT2D eigenvalue weighted by Crippen LogP contribution is -2.22. The van der Waals surface area contributed by atoms with E-state index in [4.69, 9.17) is 4.74 Å². The topological polar surface area (TPSA) is 82.0 Å². The van der Waals surface area contributed by atoms with Crippen LogP contribution in [-0.4, -0.2) is 41.6 Å². The summed E-state index contributed by atoms with van der Waals surface area (Å²) in [5.41, 5.74) is 2.54. The fraction of sp³-hybridized carbons (Fsp3) is 0.545. The van der Waals surface area contributed by atoms with Crippen molar-refractivity contribution < 1.29 is 20.1 Å². The van der Waals surface area contributed by atoms with Crippen LogP contribution < -0.4 is 5.32 Å². The summed E-state index contributed by atoms with van der Waals surface area (Å²) in [4.78, 5) is 0. The summed E-state index contributed by atoms with van der Waals surface area (Å²) < 4.78 is 5.69. The second-order valence-corrected chi connectivity index (χ2v) is 7.81. The minimum atomic E-state index is -0.645. The summed E-state index contributed by atoms with van der Waals surface area (Å²) in [5, 5.41) is 36.5. The molecule has 0 spiro atoms. The van der Waals surface area contributed by atoms with Gasteiger partial charge in [-0.05, 0) is 72.3 Å². The van der Waals surface area contributed by atoms with E-state index in [0.29, 0.717) is 17.7 Å². The molecule has 1 aromatic heterocycles. The Kier molecular flexibility index (Phi) is 11.2. The maximum atomic E-state index is 10.2. The van der Waals surface area contributed by atoms with Crippen molar-refractivity contribution in [1.82, 2.24) is 5.32 Å². The van der Waals surface area contributed by atoms with Crippen molar-refractivity contribution in [3.05, 3.63) is 51.7 Å². The lowest BCUT2D eigenvalue weighted by molar-refractivity contribution is 0.127. The number of phenols is 1. The van der Waals surface area contributed by atoms with Crippen LogP contribution in [-0.2, 0) is 17.8 Å². The molecule has 2 aromatic rings. The summed E-state index contributed by atoms with van der Waals surface area (Å²) in [6, 6.07) is 7.01. The Labute approximate surface area is 172 Å². The SMILES string of the molecule is OCc1cc(C(O)CNCCCCCCOCCCc2ccsc2)ccc1O.